The van der Waals surface area contributed by atoms with Gasteiger partial charge in [0.15, 0.2) is 0 Å². The smallest absolute Gasteiger partial charge is 0.128 e. The van der Waals surface area contributed by atoms with Gasteiger partial charge in [0.05, 0.1) is 12.1 Å². The van der Waals surface area contributed by atoms with Gasteiger partial charge in [-0.2, -0.15) is 0 Å². The van der Waals surface area contributed by atoms with Gasteiger partial charge in [-0.1, -0.05) is 22.9 Å². The molecular weight excluding hydrogens is 323 g/mol. The van der Waals surface area contributed by atoms with Gasteiger partial charge in [-0.15, -0.1) is 0 Å². The van der Waals surface area contributed by atoms with Crippen molar-refractivity contribution < 1.29 is 9.13 Å². The lowest BCUT2D eigenvalue weighted by Crippen LogP contribution is -2.39. The average molecular weight is 345 g/mol. The molecule has 3 nitrogen and oxygen atoms in total. The van der Waals surface area contributed by atoms with Crippen LogP contribution in [0.2, 0.25) is 0 Å². The Morgan fingerprint density at radius 1 is 1.55 bits per heavy atom. The fourth-order valence-electron chi connectivity index (χ4n) is 2.77. The van der Waals surface area contributed by atoms with Gasteiger partial charge >= 0.3 is 0 Å². The Morgan fingerprint density at radius 2 is 2.35 bits per heavy atom. The quantitative estimate of drug-likeness (QED) is 0.861. The normalized spacial score (nSPS) is 20.6. The summed E-state index contributed by atoms with van der Waals surface area (Å²) in [5.74, 6) is -0.200. The highest BCUT2D eigenvalue weighted by atomic mass is 79.9. The second-order valence-corrected chi connectivity index (χ2v) is 6.06. The van der Waals surface area contributed by atoms with Crippen molar-refractivity contribution in [2.45, 2.75) is 31.9 Å². The van der Waals surface area contributed by atoms with E-state index in [0.29, 0.717) is 12.1 Å². The summed E-state index contributed by atoms with van der Waals surface area (Å²) in [7, 11) is 0. The molecule has 0 spiro atoms. The van der Waals surface area contributed by atoms with Crippen molar-refractivity contribution in [2.24, 2.45) is 5.73 Å². The van der Waals surface area contributed by atoms with E-state index in [1.54, 1.807) is 6.07 Å². The standard InChI is InChI=1S/C15H22BrFN2O/c1-2-19(10-12-4-3-7-20-12)15(9-18)13-8-11(16)5-6-14(13)17/h5-6,8,12,15H,2-4,7,9-10,18H2,1H3. The number of hydrogen-bond acceptors (Lipinski definition) is 3. The van der Waals surface area contributed by atoms with Crippen LogP contribution in [-0.4, -0.2) is 37.2 Å². The molecule has 1 aliphatic rings. The van der Waals surface area contributed by atoms with Crippen molar-refractivity contribution in [1.82, 2.24) is 4.90 Å². The van der Waals surface area contributed by atoms with Crippen molar-refractivity contribution >= 4 is 15.9 Å². The first kappa shape index (κ1) is 15.9. The monoisotopic (exact) mass is 344 g/mol. The first-order chi connectivity index (χ1) is 9.65. The van der Waals surface area contributed by atoms with Crippen molar-refractivity contribution in [3.05, 3.63) is 34.1 Å². The van der Waals surface area contributed by atoms with E-state index in [1.165, 1.54) is 6.07 Å². The predicted octanol–water partition coefficient (Wildman–Crippen LogP) is 3.09. The topological polar surface area (TPSA) is 38.5 Å². The third-order valence-electron chi connectivity index (χ3n) is 3.85. The molecule has 1 aliphatic heterocycles. The Bertz CT molecular complexity index is 438. The second-order valence-electron chi connectivity index (χ2n) is 5.14. The van der Waals surface area contributed by atoms with Gasteiger partial charge < -0.3 is 10.5 Å². The van der Waals surface area contributed by atoms with E-state index in [2.05, 4.69) is 27.8 Å². The zero-order chi connectivity index (χ0) is 14.5. The summed E-state index contributed by atoms with van der Waals surface area (Å²) in [5, 5.41) is 0. The van der Waals surface area contributed by atoms with Crippen LogP contribution in [0.4, 0.5) is 4.39 Å². The van der Waals surface area contributed by atoms with Gasteiger partial charge in [-0.05, 0) is 37.6 Å². The first-order valence-corrected chi connectivity index (χ1v) is 7.95. The van der Waals surface area contributed by atoms with E-state index in [0.717, 1.165) is 37.0 Å². The number of halogens is 2. The molecule has 1 fully saturated rings. The number of nitrogens with zero attached hydrogens (tertiary/aromatic N) is 1. The number of likely N-dealkylation sites (N-methyl/N-ethyl adjacent to an activating group) is 1. The van der Waals surface area contributed by atoms with Crippen molar-refractivity contribution in [1.29, 1.82) is 0 Å². The molecule has 5 heteroatoms. The number of hydrogen-bond donors (Lipinski definition) is 1. The molecule has 0 amide bonds. The predicted molar refractivity (Wildman–Crippen MR) is 82.1 cm³/mol. The second kappa shape index (κ2) is 7.50. The third kappa shape index (κ3) is 3.79. The van der Waals surface area contributed by atoms with Gasteiger partial charge in [-0.3, -0.25) is 4.90 Å². The molecule has 0 bridgehead atoms. The Labute approximate surface area is 128 Å². The maximum Gasteiger partial charge on any atom is 0.128 e. The molecule has 1 aromatic rings. The maximum atomic E-state index is 14.1. The molecule has 0 aromatic heterocycles. The van der Waals surface area contributed by atoms with Crippen LogP contribution in [0.5, 0.6) is 0 Å². The fourth-order valence-corrected chi connectivity index (χ4v) is 3.15. The Morgan fingerprint density at radius 3 is 2.95 bits per heavy atom. The minimum atomic E-state index is -0.200. The van der Waals surface area contributed by atoms with Gasteiger partial charge in [0, 0.05) is 29.7 Å². The molecular formula is C15H22BrFN2O. The van der Waals surface area contributed by atoms with E-state index >= 15 is 0 Å². The van der Waals surface area contributed by atoms with Crippen LogP contribution in [0.3, 0.4) is 0 Å². The van der Waals surface area contributed by atoms with Crippen LogP contribution in [0, 0.1) is 5.82 Å². The van der Waals surface area contributed by atoms with E-state index in [-0.39, 0.29) is 18.0 Å². The fraction of sp³-hybridized carbons (Fsp3) is 0.600. The number of nitrogens with two attached hydrogens (primary N) is 1. The van der Waals surface area contributed by atoms with Crippen LogP contribution in [0.25, 0.3) is 0 Å². The van der Waals surface area contributed by atoms with Gasteiger partial charge in [0.2, 0.25) is 0 Å². The third-order valence-corrected chi connectivity index (χ3v) is 4.34. The highest BCUT2D eigenvalue weighted by molar-refractivity contribution is 9.10. The van der Waals surface area contributed by atoms with E-state index in [4.69, 9.17) is 10.5 Å². The van der Waals surface area contributed by atoms with E-state index < -0.39 is 0 Å². The Kier molecular flexibility index (Phi) is 5.96. The maximum absolute atomic E-state index is 14.1. The lowest BCUT2D eigenvalue weighted by Gasteiger charge is -2.32. The summed E-state index contributed by atoms with van der Waals surface area (Å²) in [6.45, 7) is 4.94. The van der Waals surface area contributed by atoms with Crippen LogP contribution in [0.15, 0.2) is 22.7 Å². The van der Waals surface area contributed by atoms with E-state index in [9.17, 15) is 4.39 Å². The average Bonchev–Trinajstić information content (AvgIpc) is 2.95. The Hall–Kier alpha value is -0.490. The van der Waals surface area contributed by atoms with E-state index in [1.807, 2.05) is 6.07 Å². The van der Waals surface area contributed by atoms with Gasteiger partial charge in [0.1, 0.15) is 5.82 Å². The van der Waals surface area contributed by atoms with Crippen molar-refractivity contribution in [3.63, 3.8) is 0 Å². The molecule has 112 valence electrons. The number of rotatable bonds is 6. The lowest BCUT2D eigenvalue weighted by atomic mass is 10.0. The highest BCUT2D eigenvalue weighted by Crippen LogP contribution is 2.27. The summed E-state index contributed by atoms with van der Waals surface area (Å²) in [4.78, 5) is 2.21. The molecule has 2 N–H and O–H groups in total. The summed E-state index contributed by atoms with van der Waals surface area (Å²) < 4.78 is 20.6. The molecule has 2 atom stereocenters. The van der Waals surface area contributed by atoms with Crippen LogP contribution in [0.1, 0.15) is 31.4 Å². The summed E-state index contributed by atoms with van der Waals surface area (Å²) in [5.41, 5.74) is 6.56. The molecule has 0 saturated carbocycles. The SMILES string of the molecule is CCN(CC1CCCO1)C(CN)c1cc(Br)ccc1F. The number of benzene rings is 1. The molecule has 0 aliphatic carbocycles. The zero-order valence-corrected chi connectivity index (χ0v) is 13.4. The van der Waals surface area contributed by atoms with Crippen LogP contribution >= 0.6 is 15.9 Å². The molecule has 1 aromatic carbocycles. The van der Waals surface area contributed by atoms with Gasteiger partial charge in [0.25, 0.3) is 0 Å². The molecule has 2 rings (SSSR count). The molecule has 20 heavy (non-hydrogen) atoms. The van der Waals surface area contributed by atoms with Crippen molar-refractivity contribution in [3.8, 4) is 0 Å². The zero-order valence-electron chi connectivity index (χ0n) is 11.8. The Balaban J connectivity index is 2.17. The largest absolute Gasteiger partial charge is 0.377 e. The molecule has 1 saturated heterocycles. The van der Waals surface area contributed by atoms with Gasteiger partial charge in [-0.25, -0.2) is 4.39 Å². The number of ether oxygens (including phenoxy) is 1. The lowest BCUT2D eigenvalue weighted by molar-refractivity contribution is 0.0595. The molecule has 0 radical (unpaired) electrons. The van der Waals surface area contributed by atoms with Crippen LogP contribution < -0.4 is 5.73 Å². The highest BCUT2D eigenvalue weighted by Gasteiger charge is 2.25. The summed E-state index contributed by atoms with van der Waals surface area (Å²) in [6, 6.07) is 4.91. The minimum absolute atomic E-state index is 0.110. The summed E-state index contributed by atoms with van der Waals surface area (Å²) in [6.07, 6.45) is 2.44. The minimum Gasteiger partial charge on any atom is -0.377 e. The first-order valence-electron chi connectivity index (χ1n) is 7.16. The molecule has 2 unspecified atom stereocenters. The summed E-state index contributed by atoms with van der Waals surface area (Å²) >= 11 is 3.40. The molecule has 1 heterocycles. The van der Waals surface area contributed by atoms with Crippen molar-refractivity contribution in [2.75, 3.05) is 26.2 Å². The van der Waals surface area contributed by atoms with Crippen LogP contribution in [-0.2, 0) is 4.74 Å².